The quantitative estimate of drug-likeness (QED) is 0.410. The van der Waals surface area contributed by atoms with Crippen molar-refractivity contribution in [1.29, 1.82) is 0 Å². The van der Waals surface area contributed by atoms with E-state index in [1.54, 1.807) is 18.5 Å². The Kier molecular flexibility index (Phi) is 4.52. The molecule has 2 aliphatic heterocycles. The van der Waals surface area contributed by atoms with E-state index in [1.165, 1.54) is 6.08 Å². The second kappa shape index (κ2) is 6.75. The summed E-state index contributed by atoms with van der Waals surface area (Å²) in [6.07, 6.45) is 4.80. The van der Waals surface area contributed by atoms with Crippen LogP contribution in [0.25, 0.3) is 0 Å². The number of rotatable bonds is 5. The summed E-state index contributed by atoms with van der Waals surface area (Å²) in [5, 5.41) is 0. The summed E-state index contributed by atoms with van der Waals surface area (Å²) < 4.78 is 0. The molecule has 0 atom stereocenters. The molecular formula is C15H18N6O3. The third-order valence-electron chi connectivity index (χ3n) is 4.00. The highest BCUT2D eigenvalue weighted by molar-refractivity contribution is 6.44. The maximum Gasteiger partial charge on any atom is 0.335 e. The Morgan fingerprint density at radius 1 is 1.00 bits per heavy atom. The molecule has 3 rings (SSSR count). The van der Waals surface area contributed by atoms with Crippen LogP contribution in [-0.4, -0.2) is 81.9 Å². The van der Waals surface area contributed by atoms with E-state index >= 15 is 0 Å². The van der Waals surface area contributed by atoms with Crippen molar-refractivity contribution in [1.82, 2.24) is 24.7 Å². The van der Waals surface area contributed by atoms with E-state index in [2.05, 4.69) is 16.5 Å². The van der Waals surface area contributed by atoms with Crippen LogP contribution in [0, 0.1) is 0 Å². The Bertz CT molecular complexity index is 656. The van der Waals surface area contributed by atoms with E-state index < -0.39 is 17.8 Å². The van der Waals surface area contributed by atoms with Gasteiger partial charge in [0, 0.05) is 45.1 Å². The van der Waals surface area contributed by atoms with Crippen LogP contribution in [0.1, 0.15) is 0 Å². The smallest absolute Gasteiger partial charge is 0.335 e. The molecule has 2 fully saturated rings. The molecule has 4 amide bonds. The molecule has 2 aliphatic rings. The highest BCUT2D eigenvalue weighted by Crippen LogP contribution is 2.15. The molecule has 0 aromatic carbocycles. The third-order valence-corrected chi connectivity index (χ3v) is 4.00. The number of amides is 4. The molecule has 0 spiro atoms. The normalized spacial score (nSPS) is 19.3. The summed E-state index contributed by atoms with van der Waals surface area (Å²) in [4.78, 5) is 50.3. The van der Waals surface area contributed by atoms with E-state index in [9.17, 15) is 14.4 Å². The van der Waals surface area contributed by atoms with Gasteiger partial charge in [0.2, 0.25) is 5.95 Å². The largest absolute Gasteiger partial charge is 0.338 e. The fourth-order valence-corrected chi connectivity index (χ4v) is 2.71. The topological polar surface area (TPSA) is 90.0 Å². The lowest BCUT2D eigenvalue weighted by Gasteiger charge is -2.35. The van der Waals surface area contributed by atoms with Gasteiger partial charge in [-0.1, -0.05) is 6.08 Å². The van der Waals surface area contributed by atoms with Crippen molar-refractivity contribution in [2.45, 2.75) is 0 Å². The Balaban J connectivity index is 1.58. The fraction of sp³-hybridized carbons (Fsp3) is 0.400. The van der Waals surface area contributed by atoms with Crippen molar-refractivity contribution < 1.29 is 14.4 Å². The van der Waals surface area contributed by atoms with E-state index in [4.69, 9.17) is 0 Å². The summed E-state index contributed by atoms with van der Waals surface area (Å²) >= 11 is 0. The maximum atomic E-state index is 12.2. The molecule has 1 aromatic heterocycles. The van der Waals surface area contributed by atoms with Crippen molar-refractivity contribution in [2.24, 2.45) is 0 Å². The van der Waals surface area contributed by atoms with Crippen LogP contribution in [0.15, 0.2) is 31.1 Å². The van der Waals surface area contributed by atoms with Crippen molar-refractivity contribution in [3.8, 4) is 0 Å². The van der Waals surface area contributed by atoms with Crippen LogP contribution in [0.5, 0.6) is 0 Å². The van der Waals surface area contributed by atoms with Crippen LogP contribution in [-0.2, 0) is 9.59 Å². The lowest BCUT2D eigenvalue weighted by atomic mass is 10.3. The van der Waals surface area contributed by atoms with E-state index in [0.29, 0.717) is 32.1 Å². The van der Waals surface area contributed by atoms with Gasteiger partial charge in [0.05, 0.1) is 6.67 Å². The van der Waals surface area contributed by atoms with Gasteiger partial charge in [0.25, 0.3) is 0 Å². The minimum atomic E-state index is -0.795. The lowest BCUT2D eigenvalue weighted by Crippen LogP contribution is -2.51. The molecule has 2 saturated heterocycles. The Labute approximate surface area is 139 Å². The van der Waals surface area contributed by atoms with Crippen LogP contribution >= 0.6 is 0 Å². The first kappa shape index (κ1) is 16.1. The minimum absolute atomic E-state index is 0.0407. The number of aromatic nitrogens is 2. The Morgan fingerprint density at radius 2 is 1.62 bits per heavy atom. The van der Waals surface area contributed by atoms with Crippen molar-refractivity contribution in [3.05, 3.63) is 31.1 Å². The summed E-state index contributed by atoms with van der Waals surface area (Å²) in [6, 6.07) is 1.18. The molecule has 24 heavy (non-hydrogen) atoms. The number of piperazine rings is 1. The minimum Gasteiger partial charge on any atom is -0.338 e. The summed E-state index contributed by atoms with van der Waals surface area (Å²) in [5.41, 5.74) is 0. The molecule has 3 heterocycles. The summed E-state index contributed by atoms with van der Waals surface area (Å²) in [7, 11) is 0. The van der Waals surface area contributed by atoms with E-state index in [-0.39, 0.29) is 13.2 Å². The van der Waals surface area contributed by atoms with Gasteiger partial charge in [-0.2, -0.15) is 0 Å². The Hall–Kier alpha value is -2.81. The van der Waals surface area contributed by atoms with Crippen LogP contribution in [0.3, 0.4) is 0 Å². The number of anilines is 1. The molecule has 0 bridgehead atoms. The number of hydrogen-bond donors (Lipinski definition) is 0. The van der Waals surface area contributed by atoms with Crippen molar-refractivity contribution >= 4 is 23.8 Å². The second-order valence-electron chi connectivity index (χ2n) is 5.52. The zero-order chi connectivity index (χ0) is 17.1. The first-order valence-electron chi connectivity index (χ1n) is 7.64. The van der Waals surface area contributed by atoms with Gasteiger partial charge in [-0.05, 0) is 6.07 Å². The van der Waals surface area contributed by atoms with Gasteiger partial charge >= 0.3 is 17.8 Å². The standard InChI is InChI=1S/C15H18N6O3/c1-2-6-20-12(22)13(23)21(15(20)24)11-18-7-9-19(10-8-18)14-16-4-3-5-17-14/h2-5H,1,6-11H2. The third kappa shape index (κ3) is 2.98. The van der Waals surface area contributed by atoms with Gasteiger partial charge in [-0.3, -0.25) is 19.4 Å². The van der Waals surface area contributed by atoms with Gasteiger partial charge in [-0.15, -0.1) is 6.58 Å². The molecule has 9 heteroatoms. The van der Waals surface area contributed by atoms with Gasteiger partial charge in [0.1, 0.15) is 0 Å². The first-order chi connectivity index (χ1) is 11.6. The molecule has 0 radical (unpaired) electrons. The average Bonchev–Trinajstić information content (AvgIpc) is 2.81. The number of hydrogen-bond acceptors (Lipinski definition) is 7. The van der Waals surface area contributed by atoms with E-state index in [1.807, 2.05) is 9.80 Å². The molecule has 1 aromatic rings. The Morgan fingerprint density at radius 3 is 2.25 bits per heavy atom. The molecule has 0 saturated carbocycles. The summed E-state index contributed by atoms with van der Waals surface area (Å²) in [6.45, 7) is 6.30. The number of carbonyl (C=O) groups excluding carboxylic acids is 3. The highest BCUT2D eigenvalue weighted by atomic mass is 16.2. The molecule has 126 valence electrons. The molecule has 0 aliphatic carbocycles. The van der Waals surface area contributed by atoms with E-state index in [0.717, 1.165) is 9.80 Å². The van der Waals surface area contributed by atoms with Crippen LogP contribution in [0.2, 0.25) is 0 Å². The predicted molar refractivity (Wildman–Crippen MR) is 84.8 cm³/mol. The zero-order valence-corrected chi connectivity index (χ0v) is 13.2. The first-order valence-corrected chi connectivity index (χ1v) is 7.64. The monoisotopic (exact) mass is 330 g/mol. The SMILES string of the molecule is C=CCN1C(=O)C(=O)N(CN2CCN(c3ncccn3)CC2)C1=O. The molecular weight excluding hydrogens is 312 g/mol. The second-order valence-corrected chi connectivity index (χ2v) is 5.52. The summed E-state index contributed by atoms with van der Waals surface area (Å²) in [5.74, 6) is -0.912. The number of imide groups is 2. The van der Waals surface area contributed by atoms with Gasteiger partial charge in [-0.25, -0.2) is 19.7 Å². The highest BCUT2D eigenvalue weighted by Gasteiger charge is 2.44. The van der Waals surface area contributed by atoms with Gasteiger partial charge in [0.15, 0.2) is 0 Å². The number of urea groups is 1. The number of carbonyl (C=O) groups is 3. The molecule has 0 unspecified atom stereocenters. The predicted octanol–water partition coefficient (Wildman–Crippen LogP) is -0.467. The fourth-order valence-electron chi connectivity index (χ4n) is 2.71. The molecule has 9 nitrogen and oxygen atoms in total. The zero-order valence-electron chi connectivity index (χ0n) is 13.2. The van der Waals surface area contributed by atoms with Gasteiger partial charge < -0.3 is 4.90 Å². The maximum absolute atomic E-state index is 12.2. The van der Waals surface area contributed by atoms with Crippen LogP contribution in [0.4, 0.5) is 10.7 Å². The van der Waals surface area contributed by atoms with Crippen LogP contribution < -0.4 is 4.90 Å². The van der Waals surface area contributed by atoms with Crippen molar-refractivity contribution in [3.63, 3.8) is 0 Å². The number of nitrogens with zero attached hydrogens (tertiary/aromatic N) is 6. The average molecular weight is 330 g/mol. The lowest BCUT2D eigenvalue weighted by molar-refractivity contribution is -0.143. The van der Waals surface area contributed by atoms with Crippen molar-refractivity contribution in [2.75, 3.05) is 44.3 Å². The molecule has 0 N–H and O–H groups in total.